The van der Waals surface area contributed by atoms with Crippen molar-refractivity contribution in [2.24, 2.45) is 0 Å². The molecule has 1 saturated heterocycles. The SMILES string of the molecule is CC(=O)OCc1ccc(CN2CCCN(C(=O)c3ccc(Br)o3)CC2)o1. The highest BCUT2D eigenvalue weighted by Crippen LogP contribution is 2.18. The van der Waals surface area contributed by atoms with E-state index in [1.165, 1.54) is 6.92 Å². The monoisotopic (exact) mass is 424 g/mol. The van der Waals surface area contributed by atoms with Crippen LogP contribution in [0.3, 0.4) is 0 Å². The van der Waals surface area contributed by atoms with Crippen molar-refractivity contribution in [3.63, 3.8) is 0 Å². The molecular weight excluding hydrogens is 404 g/mol. The average Bonchev–Trinajstić information content (AvgIpc) is 3.17. The lowest BCUT2D eigenvalue weighted by atomic mass is 10.3. The second-order valence-corrected chi connectivity index (χ2v) is 6.96. The number of hydrogen-bond donors (Lipinski definition) is 0. The minimum absolute atomic E-state index is 0.0841. The second-order valence-electron chi connectivity index (χ2n) is 6.17. The maximum absolute atomic E-state index is 12.5. The fourth-order valence-electron chi connectivity index (χ4n) is 2.90. The van der Waals surface area contributed by atoms with Crippen LogP contribution in [0.5, 0.6) is 0 Å². The molecule has 0 atom stereocenters. The highest BCUT2D eigenvalue weighted by atomic mass is 79.9. The zero-order valence-electron chi connectivity index (χ0n) is 14.6. The summed E-state index contributed by atoms with van der Waals surface area (Å²) in [7, 11) is 0. The van der Waals surface area contributed by atoms with Crippen LogP contribution in [0, 0.1) is 0 Å². The molecule has 0 aromatic carbocycles. The van der Waals surface area contributed by atoms with Crippen LogP contribution < -0.4 is 0 Å². The highest BCUT2D eigenvalue weighted by molar-refractivity contribution is 9.10. The molecule has 26 heavy (non-hydrogen) atoms. The van der Waals surface area contributed by atoms with E-state index in [-0.39, 0.29) is 18.5 Å². The highest BCUT2D eigenvalue weighted by Gasteiger charge is 2.23. The summed E-state index contributed by atoms with van der Waals surface area (Å²) in [6, 6.07) is 7.12. The molecule has 2 aromatic heterocycles. The second kappa shape index (κ2) is 8.55. The van der Waals surface area contributed by atoms with Crippen molar-refractivity contribution < 1.29 is 23.2 Å². The molecule has 8 heteroatoms. The summed E-state index contributed by atoms with van der Waals surface area (Å²) in [5.41, 5.74) is 0. The number of amides is 1. The lowest BCUT2D eigenvalue weighted by molar-refractivity contribution is -0.142. The Kier molecular flexibility index (Phi) is 6.16. The molecule has 140 valence electrons. The van der Waals surface area contributed by atoms with Crippen LogP contribution in [-0.2, 0) is 22.7 Å². The van der Waals surface area contributed by atoms with Gasteiger partial charge in [0.2, 0.25) is 0 Å². The molecule has 0 aliphatic carbocycles. The quantitative estimate of drug-likeness (QED) is 0.686. The van der Waals surface area contributed by atoms with Crippen LogP contribution in [0.1, 0.15) is 35.4 Å². The molecular formula is C18H21BrN2O5. The molecule has 1 aliphatic rings. The Morgan fingerprint density at radius 3 is 2.62 bits per heavy atom. The van der Waals surface area contributed by atoms with E-state index >= 15 is 0 Å². The Bertz CT molecular complexity index is 769. The number of esters is 1. The number of ether oxygens (including phenoxy) is 1. The maximum atomic E-state index is 12.5. The predicted octanol–water partition coefficient (Wildman–Crippen LogP) is 3.05. The van der Waals surface area contributed by atoms with Crippen molar-refractivity contribution in [3.8, 4) is 0 Å². The fraction of sp³-hybridized carbons (Fsp3) is 0.444. The third-order valence-electron chi connectivity index (χ3n) is 4.17. The summed E-state index contributed by atoms with van der Waals surface area (Å²) in [6.07, 6.45) is 0.884. The Hall–Kier alpha value is -2.06. The van der Waals surface area contributed by atoms with Gasteiger partial charge in [-0.15, -0.1) is 0 Å². The third-order valence-corrected chi connectivity index (χ3v) is 4.60. The van der Waals surface area contributed by atoms with Gasteiger partial charge in [0.1, 0.15) is 18.1 Å². The van der Waals surface area contributed by atoms with Gasteiger partial charge in [-0.2, -0.15) is 0 Å². The molecule has 0 spiro atoms. The van der Waals surface area contributed by atoms with Crippen molar-refractivity contribution in [3.05, 3.63) is 46.2 Å². The summed E-state index contributed by atoms with van der Waals surface area (Å²) in [4.78, 5) is 27.4. The summed E-state index contributed by atoms with van der Waals surface area (Å²) < 4.78 is 16.6. The van der Waals surface area contributed by atoms with Gasteiger partial charge in [0.05, 0.1) is 6.54 Å². The number of hydrogen-bond acceptors (Lipinski definition) is 6. The first-order valence-corrected chi connectivity index (χ1v) is 9.28. The van der Waals surface area contributed by atoms with E-state index in [9.17, 15) is 9.59 Å². The average molecular weight is 425 g/mol. The number of rotatable bonds is 5. The molecule has 1 amide bonds. The summed E-state index contributed by atoms with van der Waals surface area (Å²) in [5.74, 6) is 1.39. The van der Waals surface area contributed by atoms with E-state index in [1.807, 2.05) is 17.0 Å². The Balaban J connectivity index is 1.52. The molecule has 0 unspecified atom stereocenters. The van der Waals surface area contributed by atoms with Gasteiger partial charge < -0.3 is 18.5 Å². The van der Waals surface area contributed by atoms with Gasteiger partial charge >= 0.3 is 5.97 Å². The van der Waals surface area contributed by atoms with Crippen molar-refractivity contribution in [1.29, 1.82) is 0 Å². The van der Waals surface area contributed by atoms with Gasteiger partial charge in [0.15, 0.2) is 10.4 Å². The maximum Gasteiger partial charge on any atom is 0.303 e. The number of nitrogens with zero attached hydrogens (tertiary/aromatic N) is 2. The number of carbonyl (C=O) groups is 2. The van der Waals surface area contributed by atoms with Crippen molar-refractivity contribution in [1.82, 2.24) is 9.80 Å². The number of halogens is 1. The van der Waals surface area contributed by atoms with E-state index in [0.29, 0.717) is 35.8 Å². The van der Waals surface area contributed by atoms with Gasteiger partial charge in [-0.25, -0.2) is 0 Å². The lowest BCUT2D eigenvalue weighted by Gasteiger charge is -2.20. The normalized spacial score (nSPS) is 15.7. The third kappa shape index (κ3) is 4.98. The molecule has 7 nitrogen and oxygen atoms in total. The van der Waals surface area contributed by atoms with E-state index in [0.717, 1.165) is 25.3 Å². The molecule has 0 bridgehead atoms. The molecule has 0 radical (unpaired) electrons. The molecule has 3 heterocycles. The number of furan rings is 2. The fourth-order valence-corrected chi connectivity index (χ4v) is 3.20. The first-order valence-electron chi connectivity index (χ1n) is 8.49. The van der Waals surface area contributed by atoms with E-state index in [4.69, 9.17) is 13.6 Å². The molecule has 3 rings (SSSR count). The Morgan fingerprint density at radius 2 is 1.88 bits per heavy atom. The molecule has 0 saturated carbocycles. The standard InChI is InChI=1S/C18H21BrN2O5/c1-13(22)24-12-15-4-3-14(25-15)11-20-7-2-8-21(10-9-20)18(23)16-5-6-17(19)26-16/h3-6H,2,7-12H2,1H3. The van der Waals surface area contributed by atoms with Gasteiger partial charge in [-0.3, -0.25) is 14.5 Å². The Labute approximate surface area is 160 Å². The summed E-state index contributed by atoms with van der Waals surface area (Å²) >= 11 is 3.22. The zero-order chi connectivity index (χ0) is 18.5. The lowest BCUT2D eigenvalue weighted by Crippen LogP contribution is -2.34. The van der Waals surface area contributed by atoms with Gasteiger partial charge in [-0.05, 0) is 46.6 Å². The first kappa shape index (κ1) is 18.7. The van der Waals surface area contributed by atoms with Gasteiger partial charge in [0.25, 0.3) is 5.91 Å². The minimum Gasteiger partial charge on any atom is -0.461 e. The molecule has 1 aliphatic heterocycles. The predicted molar refractivity (Wildman–Crippen MR) is 96.4 cm³/mol. The van der Waals surface area contributed by atoms with Gasteiger partial charge in [0, 0.05) is 33.1 Å². The zero-order valence-corrected chi connectivity index (χ0v) is 16.2. The van der Waals surface area contributed by atoms with Crippen LogP contribution in [-0.4, -0.2) is 47.9 Å². The summed E-state index contributed by atoms with van der Waals surface area (Å²) in [6.45, 7) is 5.15. The van der Waals surface area contributed by atoms with Gasteiger partial charge in [-0.1, -0.05) is 0 Å². The smallest absolute Gasteiger partial charge is 0.303 e. The topological polar surface area (TPSA) is 76.1 Å². The first-order chi connectivity index (χ1) is 12.5. The van der Waals surface area contributed by atoms with Crippen LogP contribution >= 0.6 is 15.9 Å². The van der Waals surface area contributed by atoms with Crippen molar-refractivity contribution >= 4 is 27.8 Å². The van der Waals surface area contributed by atoms with E-state index < -0.39 is 0 Å². The molecule has 0 N–H and O–H groups in total. The Morgan fingerprint density at radius 1 is 1.08 bits per heavy atom. The minimum atomic E-state index is -0.330. The van der Waals surface area contributed by atoms with Crippen LogP contribution in [0.25, 0.3) is 0 Å². The van der Waals surface area contributed by atoms with Crippen LogP contribution in [0.4, 0.5) is 0 Å². The summed E-state index contributed by atoms with van der Waals surface area (Å²) in [5, 5.41) is 0. The van der Waals surface area contributed by atoms with Crippen LogP contribution in [0.15, 0.2) is 37.8 Å². The molecule has 1 fully saturated rings. The largest absolute Gasteiger partial charge is 0.461 e. The van der Waals surface area contributed by atoms with Crippen LogP contribution in [0.2, 0.25) is 0 Å². The van der Waals surface area contributed by atoms with Crippen molar-refractivity contribution in [2.45, 2.75) is 26.5 Å². The van der Waals surface area contributed by atoms with E-state index in [2.05, 4.69) is 20.8 Å². The van der Waals surface area contributed by atoms with Crippen molar-refractivity contribution in [2.75, 3.05) is 26.2 Å². The number of carbonyl (C=O) groups excluding carboxylic acids is 2. The van der Waals surface area contributed by atoms with E-state index in [1.54, 1.807) is 12.1 Å². The molecule has 2 aromatic rings.